The van der Waals surface area contributed by atoms with E-state index in [-0.39, 0.29) is 36.6 Å². The van der Waals surface area contributed by atoms with Gasteiger partial charge in [0.25, 0.3) is 5.56 Å². The van der Waals surface area contributed by atoms with Gasteiger partial charge < -0.3 is 14.6 Å². The second kappa shape index (κ2) is 11.3. The van der Waals surface area contributed by atoms with Crippen LogP contribution in [0.5, 0.6) is 5.75 Å². The summed E-state index contributed by atoms with van der Waals surface area (Å²) in [5, 5.41) is 2.74. The smallest absolute Gasteiger partial charge is 0.261 e. The summed E-state index contributed by atoms with van der Waals surface area (Å²) >= 11 is 0. The van der Waals surface area contributed by atoms with Gasteiger partial charge in [-0.3, -0.25) is 14.4 Å². The van der Waals surface area contributed by atoms with E-state index in [4.69, 9.17) is 4.74 Å². The number of carbonyl (C=O) groups excluding carboxylic acids is 2. The third-order valence-electron chi connectivity index (χ3n) is 5.24. The maximum atomic E-state index is 13.4. The Morgan fingerprint density at radius 2 is 1.77 bits per heavy atom. The van der Waals surface area contributed by atoms with Gasteiger partial charge in [-0.1, -0.05) is 6.07 Å². The van der Waals surface area contributed by atoms with Crippen molar-refractivity contribution in [2.75, 3.05) is 11.9 Å². The SMILES string of the molecule is C=C.O=C1Cc2ccc(OCCCC(=O)c3cccn(Cc4cc(F)c(F)c(F)c4)c3=O)cc2N1. The van der Waals surface area contributed by atoms with Crippen LogP contribution in [-0.4, -0.2) is 22.9 Å². The molecule has 0 saturated carbocycles. The molecule has 6 nitrogen and oxygen atoms in total. The highest BCUT2D eigenvalue weighted by molar-refractivity contribution is 5.99. The van der Waals surface area contributed by atoms with E-state index in [2.05, 4.69) is 18.5 Å². The summed E-state index contributed by atoms with van der Waals surface area (Å²) in [5.74, 6) is -4.19. The average Bonchev–Trinajstić information content (AvgIpc) is 3.22. The van der Waals surface area contributed by atoms with Crippen LogP contribution < -0.4 is 15.6 Å². The van der Waals surface area contributed by atoms with Crippen LogP contribution in [0.3, 0.4) is 0 Å². The molecule has 3 aromatic rings. The Labute approximate surface area is 199 Å². The van der Waals surface area contributed by atoms with Gasteiger partial charge in [0.15, 0.2) is 23.2 Å². The maximum absolute atomic E-state index is 13.4. The van der Waals surface area contributed by atoms with Crippen molar-refractivity contribution in [3.63, 3.8) is 0 Å². The number of carbonyl (C=O) groups is 2. The molecule has 1 aliphatic heterocycles. The molecule has 0 radical (unpaired) electrons. The first-order chi connectivity index (χ1) is 16.8. The van der Waals surface area contributed by atoms with Crippen LogP contribution in [0.4, 0.5) is 18.9 Å². The summed E-state index contributed by atoms with van der Waals surface area (Å²) in [4.78, 5) is 36.6. The van der Waals surface area contributed by atoms with E-state index < -0.39 is 28.8 Å². The molecule has 0 fully saturated rings. The number of hydrogen-bond acceptors (Lipinski definition) is 4. The van der Waals surface area contributed by atoms with E-state index in [1.807, 2.05) is 0 Å². The highest BCUT2D eigenvalue weighted by atomic mass is 19.2. The largest absolute Gasteiger partial charge is 0.494 e. The van der Waals surface area contributed by atoms with Gasteiger partial charge in [-0.05, 0) is 47.9 Å². The molecule has 0 bridgehead atoms. The number of benzene rings is 2. The fourth-order valence-corrected chi connectivity index (χ4v) is 3.61. The predicted molar refractivity (Wildman–Crippen MR) is 125 cm³/mol. The fraction of sp³-hybridized carbons (Fsp3) is 0.192. The highest BCUT2D eigenvalue weighted by Crippen LogP contribution is 2.27. The summed E-state index contributed by atoms with van der Waals surface area (Å²) in [6.45, 7) is 6.01. The number of hydrogen-bond donors (Lipinski definition) is 1. The van der Waals surface area contributed by atoms with E-state index in [1.54, 1.807) is 18.2 Å². The monoisotopic (exact) mass is 484 g/mol. The van der Waals surface area contributed by atoms with Crippen LogP contribution in [0, 0.1) is 17.5 Å². The number of ether oxygens (including phenoxy) is 1. The van der Waals surface area contributed by atoms with E-state index in [0.717, 1.165) is 22.3 Å². The summed E-state index contributed by atoms with van der Waals surface area (Å²) in [5.41, 5.74) is 0.995. The second-order valence-electron chi connectivity index (χ2n) is 7.65. The van der Waals surface area contributed by atoms with Crippen molar-refractivity contribution >= 4 is 17.4 Å². The van der Waals surface area contributed by atoms with Crippen molar-refractivity contribution in [3.05, 3.63) is 106 Å². The number of anilines is 1. The Morgan fingerprint density at radius 1 is 1.06 bits per heavy atom. The van der Waals surface area contributed by atoms with E-state index in [9.17, 15) is 27.6 Å². The molecule has 35 heavy (non-hydrogen) atoms. The average molecular weight is 484 g/mol. The second-order valence-corrected chi connectivity index (χ2v) is 7.65. The fourth-order valence-electron chi connectivity index (χ4n) is 3.61. The molecule has 0 unspecified atom stereocenters. The zero-order valence-electron chi connectivity index (χ0n) is 18.8. The molecule has 0 spiro atoms. The topological polar surface area (TPSA) is 77.4 Å². The lowest BCUT2D eigenvalue weighted by Gasteiger charge is -2.10. The Bertz CT molecular complexity index is 1300. The summed E-state index contributed by atoms with van der Waals surface area (Å²) in [6.07, 6.45) is 2.13. The van der Waals surface area contributed by atoms with Crippen LogP contribution >= 0.6 is 0 Å². The first-order valence-electron chi connectivity index (χ1n) is 10.7. The number of rotatable bonds is 8. The summed E-state index contributed by atoms with van der Waals surface area (Å²) in [7, 11) is 0. The molecule has 1 amide bonds. The quantitative estimate of drug-likeness (QED) is 0.219. The van der Waals surface area contributed by atoms with Crippen LogP contribution in [-0.2, 0) is 17.8 Å². The minimum atomic E-state index is -1.58. The number of Topliss-reactive ketones (excluding diaryl/α,β-unsaturated/α-hetero) is 1. The third-order valence-corrected chi connectivity index (χ3v) is 5.24. The number of fused-ring (bicyclic) bond motifs is 1. The first-order valence-corrected chi connectivity index (χ1v) is 10.7. The molecule has 182 valence electrons. The molecule has 1 aliphatic rings. The van der Waals surface area contributed by atoms with Gasteiger partial charge in [0.2, 0.25) is 5.91 Å². The lowest BCUT2D eigenvalue weighted by molar-refractivity contribution is -0.115. The minimum Gasteiger partial charge on any atom is -0.494 e. The minimum absolute atomic E-state index is 0.0528. The molecule has 0 saturated heterocycles. The van der Waals surface area contributed by atoms with Gasteiger partial charge in [-0.2, -0.15) is 0 Å². The lowest BCUT2D eigenvalue weighted by atomic mass is 10.1. The van der Waals surface area contributed by atoms with Crippen LogP contribution in [0.25, 0.3) is 0 Å². The molecule has 0 atom stereocenters. The molecule has 4 rings (SSSR count). The number of pyridine rings is 1. The molecule has 1 N–H and O–H groups in total. The lowest BCUT2D eigenvalue weighted by Crippen LogP contribution is -2.26. The van der Waals surface area contributed by atoms with Crippen LogP contribution in [0.15, 0.2) is 66.6 Å². The zero-order valence-corrected chi connectivity index (χ0v) is 18.8. The van der Waals surface area contributed by atoms with Crippen LogP contribution in [0.2, 0.25) is 0 Å². The van der Waals surface area contributed by atoms with E-state index in [0.29, 0.717) is 24.3 Å². The Hall–Kier alpha value is -4.14. The molecule has 9 heteroatoms. The number of nitrogens with zero attached hydrogens (tertiary/aromatic N) is 1. The summed E-state index contributed by atoms with van der Waals surface area (Å²) < 4.78 is 46.8. The molecule has 1 aromatic heterocycles. The molecular formula is C26H23F3N2O4. The molecular weight excluding hydrogens is 461 g/mol. The van der Waals surface area contributed by atoms with Gasteiger partial charge in [0.1, 0.15) is 5.75 Å². The Morgan fingerprint density at radius 3 is 2.49 bits per heavy atom. The Kier molecular flexibility index (Phi) is 8.25. The summed E-state index contributed by atoms with van der Waals surface area (Å²) in [6, 6.07) is 9.76. The van der Waals surface area contributed by atoms with Gasteiger partial charge in [-0.15, -0.1) is 13.2 Å². The standard InChI is InChI=1S/C24H19F3N2O4.C2H4/c25-18-9-14(10-19(26)23(18)27)13-29-7-1-3-17(24(29)32)21(30)4-2-8-33-16-6-5-15-11-22(31)28-20(15)12-16;1-2/h1,3,5-7,9-10,12H,2,4,8,11,13H2,(H,28,31);1-2H2. The van der Waals surface area contributed by atoms with E-state index in [1.165, 1.54) is 18.3 Å². The van der Waals surface area contributed by atoms with Gasteiger partial charge in [0, 0.05) is 24.4 Å². The molecule has 0 aliphatic carbocycles. The molecule has 2 aromatic carbocycles. The van der Waals surface area contributed by atoms with Crippen molar-refractivity contribution in [1.29, 1.82) is 0 Å². The van der Waals surface area contributed by atoms with Crippen LogP contribution in [0.1, 0.15) is 34.3 Å². The number of halogens is 3. The first kappa shape index (κ1) is 25.5. The maximum Gasteiger partial charge on any atom is 0.261 e. The van der Waals surface area contributed by atoms with Crippen molar-refractivity contribution in [1.82, 2.24) is 4.57 Å². The number of amides is 1. The number of nitrogens with one attached hydrogen (secondary N) is 1. The third kappa shape index (κ3) is 6.06. The van der Waals surface area contributed by atoms with Gasteiger partial charge in [-0.25, -0.2) is 13.2 Å². The van der Waals surface area contributed by atoms with Crippen molar-refractivity contribution < 1.29 is 27.5 Å². The number of aromatic nitrogens is 1. The Balaban J connectivity index is 0.00000167. The van der Waals surface area contributed by atoms with Crippen molar-refractivity contribution in [3.8, 4) is 5.75 Å². The predicted octanol–water partition coefficient (Wildman–Crippen LogP) is 4.65. The number of ketones is 1. The van der Waals surface area contributed by atoms with Crippen molar-refractivity contribution in [2.45, 2.75) is 25.8 Å². The van der Waals surface area contributed by atoms with Gasteiger partial charge in [0.05, 0.1) is 25.1 Å². The normalized spacial score (nSPS) is 11.8. The zero-order chi connectivity index (χ0) is 25.5. The highest BCUT2D eigenvalue weighted by Gasteiger charge is 2.18. The van der Waals surface area contributed by atoms with Crippen molar-refractivity contribution in [2.24, 2.45) is 0 Å². The van der Waals surface area contributed by atoms with E-state index >= 15 is 0 Å². The molecule has 2 heterocycles. The van der Waals surface area contributed by atoms with Gasteiger partial charge >= 0.3 is 0 Å².